The van der Waals surface area contributed by atoms with Crippen molar-refractivity contribution in [1.29, 1.82) is 0 Å². The van der Waals surface area contributed by atoms with Crippen molar-refractivity contribution >= 4 is 29.0 Å². The van der Waals surface area contributed by atoms with E-state index >= 15 is 0 Å². The number of amides is 1. The van der Waals surface area contributed by atoms with Gasteiger partial charge in [-0.25, -0.2) is 4.68 Å². The van der Waals surface area contributed by atoms with Gasteiger partial charge in [0.05, 0.1) is 22.8 Å². The van der Waals surface area contributed by atoms with Crippen LogP contribution in [0.4, 0.5) is 0 Å². The highest BCUT2D eigenvalue weighted by atomic mass is 32.1. The minimum atomic E-state index is -0.186. The quantitative estimate of drug-likeness (QED) is 0.487. The highest BCUT2D eigenvalue weighted by Gasteiger charge is 2.13. The Morgan fingerprint density at radius 2 is 1.87 bits per heavy atom. The predicted octanol–water partition coefficient (Wildman–Crippen LogP) is 3.29. The van der Waals surface area contributed by atoms with Crippen LogP contribution in [0, 0.1) is 4.77 Å². The Morgan fingerprint density at radius 3 is 2.67 bits per heavy atom. The van der Waals surface area contributed by atoms with Crippen LogP contribution in [0.1, 0.15) is 12.0 Å². The number of fused-ring (bicyclic) bond motifs is 1. The molecule has 1 amide bonds. The molecule has 4 aromatic rings. The lowest BCUT2D eigenvalue weighted by Crippen LogP contribution is -2.29. The molecule has 0 unspecified atom stereocenters. The smallest absolute Gasteiger partial charge is 0.262 e. The summed E-state index contributed by atoms with van der Waals surface area (Å²) >= 11 is 5.31. The van der Waals surface area contributed by atoms with E-state index in [1.165, 1.54) is 4.57 Å². The summed E-state index contributed by atoms with van der Waals surface area (Å²) in [5.41, 5.74) is 2.40. The number of hydrogen-bond donors (Lipinski definition) is 1. The Bertz CT molecular complexity index is 1310. The number of carbonyl (C=O) groups is 1. The monoisotopic (exact) mass is 419 g/mol. The van der Waals surface area contributed by atoms with Gasteiger partial charge in [0.1, 0.15) is 0 Å². The molecule has 0 saturated carbocycles. The lowest BCUT2D eigenvalue weighted by Gasteiger charge is -2.16. The fraction of sp³-hybridized carbons (Fsp3) is 0.182. The van der Waals surface area contributed by atoms with Crippen LogP contribution in [0.25, 0.3) is 16.6 Å². The van der Waals surface area contributed by atoms with E-state index in [-0.39, 0.29) is 24.4 Å². The van der Waals surface area contributed by atoms with Crippen molar-refractivity contribution < 1.29 is 4.79 Å². The average Bonchev–Trinajstić information content (AvgIpc) is 3.22. The van der Waals surface area contributed by atoms with Crippen molar-refractivity contribution in [2.45, 2.75) is 19.5 Å². The zero-order valence-corrected chi connectivity index (χ0v) is 17.3. The van der Waals surface area contributed by atoms with Crippen molar-refractivity contribution in [1.82, 2.24) is 24.2 Å². The molecule has 152 valence electrons. The molecule has 0 fully saturated rings. The molecule has 30 heavy (non-hydrogen) atoms. The molecule has 2 heterocycles. The Morgan fingerprint density at radius 1 is 1.13 bits per heavy atom. The van der Waals surface area contributed by atoms with Gasteiger partial charge < -0.3 is 9.88 Å². The topological polar surface area (TPSA) is 75.9 Å². The standard InChI is InChI=1S/C22H21N5O2S/c1-25(14-16-13-23-27(15-16)17-7-3-2-4-8-17)20(28)11-12-26-21(29)18-9-5-6-10-19(18)24-22(26)30/h2-10,13,15H,11-12,14H2,1H3,(H,24,30). The summed E-state index contributed by atoms with van der Waals surface area (Å²) < 4.78 is 3.54. The zero-order valence-electron chi connectivity index (χ0n) is 16.5. The highest BCUT2D eigenvalue weighted by Crippen LogP contribution is 2.10. The number of H-pyrrole nitrogens is 1. The van der Waals surface area contributed by atoms with Gasteiger partial charge in [0.2, 0.25) is 5.91 Å². The predicted molar refractivity (Wildman–Crippen MR) is 118 cm³/mol. The van der Waals surface area contributed by atoms with Crippen LogP contribution in [0.5, 0.6) is 0 Å². The Hall–Kier alpha value is -3.52. The van der Waals surface area contributed by atoms with E-state index in [0.29, 0.717) is 22.2 Å². The molecule has 0 aliphatic carbocycles. The van der Waals surface area contributed by atoms with Crippen LogP contribution in [-0.4, -0.2) is 37.2 Å². The number of carbonyl (C=O) groups excluding carboxylic acids is 1. The summed E-state index contributed by atoms with van der Waals surface area (Å²) in [6, 6.07) is 17.0. The SMILES string of the molecule is CN(Cc1cnn(-c2ccccc2)c1)C(=O)CCn1c(=S)[nH]c2ccccc2c1=O. The molecule has 0 aliphatic rings. The number of para-hydroxylation sites is 2. The number of nitrogens with one attached hydrogen (secondary N) is 1. The normalized spacial score (nSPS) is 11.0. The summed E-state index contributed by atoms with van der Waals surface area (Å²) in [5.74, 6) is -0.0723. The highest BCUT2D eigenvalue weighted by molar-refractivity contribution is 7.71. The van der Waals surface area contributed by atoms with Crippen molar-refractivity contribution in [3.8, 4) is 5.69 Å². The number of aromatic nitrogens is 4. The van der Waals surface area contributed by atoms with Crippen LogP contribution >= 0.6 is 12.2 Å². The second kappa shape index (κ2) is 8.46. The average molecular weight is 420 g/mol. The number of aromatic amines is 1. The molecule has 0 bridgehead atoms. The van der Waals surface area contributed by atoms with Crippen LogP contribution < -0.4 is 5.56 Å². The molecular formula is C22H21N5O2S. The van der Waals surface area contributed by atoms with Crippen LogP contribution in [0.15, 0.2) is 71.8 Å². The second-order valence-corrected chi connectivity index (χ2v) is 7.45. The van der Waals surface area contributed by atoms with Gasteiger partial charge >= 0.3 is 0 Å². The zero-order chi connectivity index (χ0) is 21.1. The van der Waals surface area contributed by atoms with Gasteiger partial charge in [0.25, 0.3) is 5.56 Å². The summed E-state index contributed by atoms with van der Waals surface area (Å²) in [6.07, 6.45) is 3.84. The Balaban J connectivity index is 1.42. The van der Waals surface area contributed by atoms with Gasteiger partial charge in [-0.3, -0.25) is 14.2 Å². The van der Waals surface area contributed by atoms with Crippen molar-refractivity contribution in [3.63, 3.8) is 0 Å². The number of hydrogen-bond acceptors (Lipinski definition) is 4. The summed E-state index contributed by atoms with van der Waals surface area (Å²) in [5, 5.41) is 4.92. The van der Waals surface area contributed by atoms with Gasteiger partial charge in [0, 0.05) is 38.3 Å². The van der Waals surface area contributed by atoms with E-state index in [2.05, 4.69) is 10.1 Å². The van der Waals surface area contributed by atoms with Gasteiger partial charge in [-0.2, -0.15) is 5.10 Å². The van der Waals surface area contributed by atoms with E-state index in [0.717, 1.165) is 11.3 Å². The summed E-state index contributed by atoms with van der Waals surface area (Å²) in [7, 11) is 1.74. The van der Waals surface area contributed by atoms with Gasteiger partial charge in [-0.15, -0.1) is 0 Å². The van der Waals surface area contributed by atoms with E-state index in [1.54, 1.807) is 35.0 Å². The maximum atomic E-state index is 12.7. The first kappa shape index (κ1) is 19.8. The van der Waals surface area contributed by atoms with Gasteiger partial charge in [0.15, 0.2) is 4.77 Å². The largest absolute Gasteiger partial charge is 0.341 e. The van der Waals surface area contributed by atoms with E-state index < -0.39 is 0 Å². The molecule has 7 nitrogen and oxygen atoms in total. The molecule has 8 heteroatoms. The van der Waals surface area contributed by atoms with Crippen molar-refractivity contribution in [3.05, 3.63) is 87.7 Å². The summed E-state index contributed by atoms with van der Waals surface area (Å²) in [4.78, 5) is 30.0. The molecule has 1 N–H and O–H groups in total. The number of nitrogens with zero attached hydrogens (tertiary/aromatic N) is 4. The maximum absolute atomic E-state index is 12.7. The van der Waals surface area contributed by atoms with E-state index in [1.807, 2.05) is 48.7 Å². The second-order valence-electron chi connectivity index (χ2n) is 7.06. The maximum Gasteiger partial charge on any atom is 0.262 e. The lowest BCUT2D eigenvalue weighted by atomic mass is 10.2. The third-order valence-corrected chi connectivity index (χ3v) is 5.26. The molecule has 4 rings (SSSR count). The summed E-state index contributed by atoms with van der Waals surface area (Å²) in [6.45, 7) is 0.663. The van der Waals surface area contributed by atoms with Crippen LogP contribution in [0.2, 0.25) is 0 Å². The van der Waals surface area contributed by atoms with E-state index in [4.69, 9.17) is 12.2 Å². The third-order valence-electron chi connectivity index (χ3n) is 4.94. The minimum absolute atomic E-state index is 0.0723. The number of benzene rings is 2. The molecule has 0 atom stereocenters. The first-order valence-corrected chi connectivity index (χ1v) is 9.98. The van der Waals surface area contributed by atoms with Gasteiger partial charge in [-0.05, 0) is 36.5 Å². The third kappa shape index (κ3) is 4.08. The fourth-order valence-electron chi connectivity index (χ4n) is 3.33. The van der Waals surface area contributed by atoms with Gasteiger partial charge in [-0.1, -0.05) is 30.3 Å². The first-order valence-electron chi connectivity index (χ1n) is 9.58. The molecule has 0 radical (unpaired) electrons. The molecule has 0 saturated heterocycles. The van der Waals surface area contributed by atoms with Crippen LogP contribution in [-0.2, 0) is 17.9 Å². The molecule has 2 aromatic heterocycles. The first-order chi connectivity index (χ1) is 14.5. The fourth-order valence-corrected chi connectivity index (χ4v) is 3.61. The molecule has 2 aromatic carbocycles. The molecule has 0 aliphatic heterocycles. The van der Waals surface area contributed by atoms with Crippen molar-refractivity contribution in [2.75, 3.05) is 7.05 Å². The Kier molecular flexibility index (Phi) is 5.58. The number of rotatable bonds is 6. The Labute approximate surface area is 178 Å². The molecular weight excluding hydrogens is 398 g/mol. The van der Waals surface area contributed by atoms with Crippen LogP contribution in [0.3, 0.4) is 0 Å². The lowest BCUT2D eigenvalue weighted by molar-refractivity contribution is -0.130. The van der Waals surface area contributed by atoms with Crippen molar-refractivity contribution in [2.24, 2.45) is 0 Å². The minimum Gasteiger partial charge on any atom is -0.341 e. The van der Waals surface area contributed by atoms with E-state index in [9.17, 15) is 9.59 Å². The molecule has 0 spiro atoms.